The van der Waals surface area contributed by atoms with E-state index >= 15 is 0 Å². The fraction of sp³-hybridized carbons (Fsp3) is 0.500. The van der Waals surface area contributed by atoms with Crippen molar-refractivity contribution in [3.63, 3.8) is 0 Å². The number of amides is 1. The van der Waals surface area contributed by atoms with Crippen LogP contribution in [0.2, 0.25) is 0 Å². The van der Waals surface area contributed by atoms with E-state index in [0.717, 1.165) is 13.0 Å². The molecular formula is C18H24N4O3. The van der Waals surface area contributed by atoms with E-state index in [9.17, 15) is 4.79 Å². The standard InChI is InChI=1S/C18H24N4O3/c23-18(19-10-15-12-24-7-8-25-15)16-9-14(20-21-16)11-22-6-5-13-3-1-2-4-17(13)22/h1-6,14-16,20-21H,7-12H2,(H,19,23). The maximum absolute atomic E-state index is 12.3. The van der Waals surface area contributed by atoms with Crippen LogP contribution in [0.4, 0.5) is 0 Å². The maximum atomic E-state index is 12.3. The van der Waals surface area contributed by atoms with Gasteiger partial charge in [0.2, 0.25) is 5.91 Å². The van der Waals surface area contributed by atoms with Crippen LogP contribution in [0, 0.1) is 0 Å². The van der Waals surface area contributed by atoms with E-state index in [1.54, 1.807) is 0 Å². The average Bonchev–Trinajstić information content (AvgIpc) is 3.29. The second-order valence-corrected chi connectivity index (χ2v) is 6.61. The highest BCUT2D eigenvalue weighted by Crippen LogP contribution is 2.17. The van der Waals surface area contributed by atoms with Gasteiger partial charge in [-0.3, -0.25) is 10.2 Å². The molecule has 3 heterocycles. The van der Waals surface area contributed by atoms with E-state index in [1.165, 1.54) is 10.9 Å². The molecule has 2 aliphatic rings. The van der Waals surface area contributed by atoms with Gasteiger partial charge in [-0.15, -0.1) is 0 Å². The first-order valence-corrected chi connectivity index (χ1v) is 8.81. The van der Waals surface area contributed by atoms with Gasteiger partial charge in [0.25, 0.3) is 0 Å². The lowest BCUT2D eigenvalue weighted by molar-refractivity contribution is -0.125. The predicted molar refractivity (Wildman–Crippen MR) is 94.0 cm³/mol. The summed E-state index contributed by atoms with van der Waals surface area (Å²) >= 11 is 0. The number of hydrogen-bond acceptors (Lipinski definition) is 5. The fourth-order valence-electron chi connectivity index (χ4n) is 3.44. The molecule has 134 valence electrons. The summed E-state index contributed by atoms with van der Waals surface area (Å²) in [7, 11) is 0. The Bertz CT molecular complexity index is 726. The SMILES string of the molecule is O=C(NCC1COCCO1)C1CC(Cn2ccc3ccccc32)NN1. The Morgan fingerprint density at radius 2 is 2.16 bits per heavy atom. The highest BCUT2D eigenvalue weighted by molar-refractivity contribution is 5.82. The minimum absolute atomic E-state index is 0.00142. The molecule has 3 unspecified atom stereocenters. The van der Waals surface area contributed by atoms with E-state index in [4.69, 9.17) is 9.47 Å². The molecule has 0 bridgehead atoms. The van der Waals surface area contributed by atoms with E-state index in [1.807, 2.05) is 12.1 Å². The van der Waals surface area contributed by atoms with Crippen LogP contribution >= 0.6 is 0 Å². The van der Waals surface area contributed by atoms with Crippen LogP contribution in [0.25, 0.3) is 10.9 Å². The van der Waals surface area contributed by atoms with Gasteiger partial charge in [0.05, 0.1) is 25.9 Å². The molecule has 2 fully saturated rings. The second-order valence-electron chi connectivity index (χ2n) is 6.61. The number of hydrazine groups is 1. The summed E-state index contributed by atoms with van der Waals surface area (Å²) < 4.78 is 13.1. The third-order valence-corrected chi connectivity index (χ3v) is 4.78. The first kappa shape index (κ1) is 16.5. The largest absolute Gasteiger partial charge is 0.376 e. The van der Waals surface area contributed by atoms with E-state index in [0.29, 0.717) is 26.4 Å². The van der Waals surface area contributed by atoms with E-state index in [-0.39, 0.29) is 24.1 Å². The number of rotatable bonds is 5. The van der Waals surface area contributed by atoms with Crippen molar-refractivity contribution >= 4 is 16.8 Å². The summed E-state index contributed by atoms with van der Waals surface area (Å²) in [6.45, 7) is 3.08. The zero-order valence-corrected chi connectivity index (χ0v) is 14.1. The van der Waals surface area contributed by atoms with Crippen molar-refractivity contribution in [2.75, 3.05) is 26.4 Å². The molecule has 7 heteroatoms. The molecule has 2 aliphatic heterocycles. The van der Waals surface area contributed by atoms with E-state index < -0.39 is 0 Å². The fourth-order valence-corrected chi connectivity index (χ4v) is 3.44. The van der Waals surface area contributed by atoms with Crippen LogP contribution in [0.1, 0.15) is 6.42 Å². The summed E-state index contributed by atoms with van der Waals surface area (Å²) in [6, 6.07) is 10.4. The second kappa shape index (κ2) is 7.53. The van der Waals surface area contributed by atoms with Gasteiger partial charge < -0.3 is 19.4 Å². The molecule has 25 heavy (non-hydrogen) atoms. The van der Waals surface area contributed by atoms with Crippen molar-refractivity contribution in [2.45, 2.75) is 31.2 Å². The number of para-hydroxylation sites is 1. The summed E-state index contributed by atoms with van der Waals surface area (Å²) in [4.78, 5) is 12.3. The van der Waals surface area contributed by atoms with Gasteiger partial charge in [0.15, 0.2) is 0 Å². The lowest BCUT2D eigenvalue weighted by atomic mass is 10.1. The van der Waals surface area contributed by atoms with Gasteiger partial charge in [-0.1, -0.05) is 18.2 Å². The predicted octanol–water partition coefficient (Wildman–Crippen LogP) is 0.408. The van der Waals surface area contributed by atoms with Crippen LogP contribution in [-0.2, 0) is 20.8 Å². The number of hydrogen-bond donors (Lipinski definition) is 3. The van der Waals surface area contributed by atoms with Crippen molar-refractivity contribution < 1.29 is 14.3 Å². The molecule has 3 atom stereocenters. The molecular weight excluding hydrogens is 320 g/mol. The quantitative estimate of drug-likeness (QED) is 0.732. The Kier molecular flexibility index (Phi) is 4.98. The molecule has 2 aromatic rings. The van der Waals surface area contributed by atoms with Crippen LogP contribution in [0.15, 0.2) is 36.5 Å². The minimum Gasteiger partial charge on any atom is -0.376 e. The minimum atomic E-state index is -0.226. The molecule has 2 saturated heterocycles. The number of benzene rings is 1. The number of fused-ring (bicyclic) bond motifs is 1. The Labute approximate surface area is 146 Å². The molecule has 0 radical (unpaired) electrons. The zero-order valence-electron chi connectivity index (χ0n) is 14.1. The molecule has 0 saturated carbocycles. The van der Waals surface area contributed by atoms with Gasteiger partial charge in [0.1, 0.15) is 6.04 Å². The number of carbonyl (C=O) groups is 1. The smallest absolute Gasteiger partial charge is 0.238 e. The molecule has 3 N–H and O–H groups in total. The molecule has 0 aliphatic carbocycles. The Morgan fingerprint density at radius 3 is 3.04 bits per heavy atom. The van der Waals surface area contributed by atoms with Gasteiger partial charge in [-0.2, -0.15) is 0 Å². The molecule has 1 aromatic heterocycles. The third-order valence-electron chi connectivity index (χ3n) is 4.78. The number of nitrogens with zero attached hydrogens (tertiary/aromatic N) is 1. The van der Waals surface area contributed by atoms with Crippen LogP contribution < -0.4 is 16.2 Å². The van der Waals surface area contributed by atoms with Gasteiger partial charge >= 0.3 is 0 Å². The first-order valence-electron chi connectivity index (χ1n) is 8.81. The van der Waals surface area contributed by atoms with Crippen molar-refractivity contribution in [1.82, 2.24) is 20.7 Å². The number of nitrogens with one attached hydrogen (secondary N) is 3. The molecule has 7 nitrogen and oxygen atoms in total. The van der Waals surface area contributed by atoms with Gasteiger partial charge in [0, 0.05) is 30.8 Å². The molecule has 1 aromatic carbocycles. The van der Waals surface area contributed by atoms with Crippen LogP contribution in [0.3, 0.4) is 0 Å². The highest BCUT2D eigenvalue weighted by Gasteiger charge is 2.30. The first-order chi connectivity index (χ1) is 12.3. The highest BCUT2D eigenvalue weighted by atomic mass is 16.6. The van der Waals surface area contributed by atoms with E-state index in [2.05, 4.69) is 45.1 Å². The van der Waals surface area contributed by atoms with Crippen molar-refractivity contribution in [2.24, 2.45) is 0 Å². The lowest BCUT2D eigenvalue weighted by Crippen LogP contribution is -2.47. The Morgan fingerprint density at radius 1 is 1.24 bits per heavy atom. The van der Waals surface area contributed by atoms with Crippen LogP contribution in [0.5, 0.6) is 0 Å². The Balaban J connectivity index is 1.28. The Hall–Kier alpha value is -1.93. The van der Waals surface area contributed by atoms with Crippen molar-refractivity contribution in [3.8, 4) is 0 Å². The monoisotopic (exact) mass is 344 g/mol. The van der Waals surface area contributed by atoms with Crippen molar-refractivity contribution in [1.29, 1.82) is 0 Å². The van der Waals surface area contributed by atoms with Crippen molar-refractivity contribution in [3.05, 3.63) is 36.5 Å². The topological polar surface area (TPSA) is 76.5 Å². The zero-order chi connectivity index (χ0) is 17.1. The number of carbonyl (C=O) groups excluding carboxylic acids is 1. The lowest BCUT2D eigenvalue weighted by Gasteiger charge is -2.23. The van der Waals surface area contributed by atoms with Gasteiger partial charge in [-0.05, 0) is 23.9 Å². The number of aromatic nitrogens is 1. The molecule has 1 amide bonds. The molecule has 4 rings (SSSR count). The maximum Gasteiger partial charge on any atom is 0.238 e. The summed E-state index contributed by atoms with van der Waals surface area (Å²) in [5.74, 6) is 0.00142. The molecule has 0 spiro atoms. The normalized spacial score (nSPS) is 26.8. The summed E-state index contributed by atoms with van der Waals surface area (Å²) in [5.41, 5.74) is 7.56. The summed E-state index contributed by atoms with van der Waals surface area (Å²) in [5, 5.41) is 4.18. The van der Waals surface area contributed by atoms with Gasteiger partial charge in [-0.25, -0.2) is 5.43 Å². The average molecular weight is 344 g/mol. The summed E-state index contributed by atoms with van der Waals surface area (Å²) in [6.07, 6.45) is 2.80. The third kappa shape index (κ3) is 3.85. The van der Waals surface area contributed by atoms with Crippen LogP contribution in [-0.4, -0.2) is 55.0 Å². The number of ether oxygens (including phenoxy) is 2.